The fourth-order valence-electron chi connectivity index (χ4n) is 1.59. The first-order valence-electron chi connectivity index (χ1n) is 5.60. The van der Waals surface area contributed by atoms with Gasteiger partial charge in [-0.25, -0.2) is 4.68 Å². The smallest absolute Gasteiger partial charge is 0.0646 e. The van der Waals surface area contributed by atoms with Crippen LogP contribution >= 0.6 is 22.6 Å². The molecule has 0 spiro atoms. The first kappa shape index (κ1) is 11.6. The van der Waals surface area contributed by atoms with Crippen LogP contribution in [0.1, 0.15) is 25.5 Å². The maximum atomic E-state index is 4.56. The number of rotatable bonds is 4. The molecule has 0 aliphatic heterocycles. The van der Waals surface area contributed by atoms with Crippen LogP contribution in [-0.4, -0.2) is 9.78 Å². The van der Waals surface area contributed by atoms with Crippen molar-refractivity contribution in [3.05, 3.63) is 45.8 Å². The van der Waals surface area contributed by atoms with Gasteiger partial charge in [0.25, 0.3) is 0 Å². The summed E-state index contributed by atoms with van der Waals surface area (Å²) in [6.45, 7) is 2.20. The van der Waals surface area contributed by atoms with Crippen LogP contribution in [-0.2, 0) is 6.42 Å². The molecule has 0 fully saturated rings. The highest BCUT2D eigenvalue weighted by molar-refractivity contribution is 14.1. The number of aryl methyl sites for hydroxylation is 1. The molecule has 0 saturated heterocycles. The average Bonchev–Trinajstić information content (AvgIpc) is 2.76. The molecule has 1 heterocycles. The van der Waals surface area contributed by atoms with E-state index in [1.165, 1.54) is 22.1 Å². The van der Waals surface area contributed by atoms with E-state index < -0.39 is 0 Å². The molecule has 0 aliphatic rings. The maximum absolute atomic E-state index is 4.56. The molecule has 0 radical (unpaired) electrons. The predicted octanol–water partition coefficient (Wildman–Crippen LogP) is 3.82. The molecule has 16 heavy (non-hydrogen) atoms. The molecular weight excluding hydrogens is 311 g/mol. The van der Waals surface area contributed by atoms with Gasteiger partial charge in [0, 0.05) is 9.77 Å². The Kier molecular flexibility index (Phi) is 3.98. The number of aromatic nitrogens is 2. The second kappa shape index (κ2) is 5.48. The molecule has 0 aliphatic carbocycles. The lowest BCUT2D eigenvalue weighted by atomic mass is 10.2. The molecule has 0 unspecified atom stereocenters. The van der Waals surface area contributed by atoms with Crippen molar-refractivity contribution < 1.29 is 0 Å². The van der Waals surface area contributed by atoms with Crippen molar-refractivity contribution in [2.75, 3.05) is 0 Å². The Hall–Kier alpha value is -0.840. The Morgan fingerprint density at radius 3 is 2.62 bits per heavy atom. The second-order valence-corrected chi connectivity index (χ2v) is 5.08. The Balaban J connectivity index is 2.15. The van der Waals surface area contributed by atoms with Gasteiger partial charge in [-0.05, 0) is 65.8 Å². The molecule has 3 heteroatoms. The highest BCUT2D eigenvalue weighted by Crippen LogP contribution is 2.11. The third kappa shape index (κ3) is 2.84. The fourth-order valence-corrected chi connectivity index (χ4v) is 1.95. The van der Waals surface area contributed by atoms with Gasteiger partial charge >= 0.3 is 0 Å². The zero-order valence-electron chi connectivity index (χ0n) is 9.36. The van der Waals surface area contributed by atoms with E-state index in [0.29, 0.717) is 0 Å². The van der Waals surface area contributed by atoms with E-state index in [1.54, 1.807) is 0 Å². The second-order valence-electron chi connectivity index (χ2n) is 3.83. The molecule has 84 valence electrons. The summed E-state index contributed by atoms with van der Waals surface area (Å²) >= 11 is 2.31. The minimum atomic E-state index is 1.08. The van der Waals surface area contributed by atoms with Crippen molar-refractivity contribution in [2.45, 2.75) is 26.2 Å². The molecule has 0 saturated carbocycles. The topological polar surface area (TPSA) is 17.8 Å². The summed E-state index contributed by atoms with van der Waals surface area (Å²) in [5, 5.41) is 4.56. The van der Waals surface area contributed by atoms with E-state index in [1.807, 2.05) is 10.9 Å². The molecule has 0 atom stereocenters. The Morgan fingerprint density at radius 1 is 1.19 bits per heavy atom. The minimum Gasteiger partial charge on any atom is -0.241 e. The van der Waals surface area contributed by atoms with E-state index >= 15 is 0 Å². The van der Waals surface area contributed by atoms with Gasteiger partial charge in [0.1, 0.15) is 0 Å². The van der Waals surface area contributed by atoms with Gasteiger partial charge in [0.2, 0.25) is 0 Å². The average molecular weight is 326 g/mol. The summed E-state index contributed by atoms with van der Waals surface area (Å²) < 4.78 is 3.20. The molecule has 1 aromatic carbocycles. The zero-order valence-corrected chi connectivity index (χ0v) is 11.5. The van der Waals surface area contributed by atoms with Crippen LogP contribution in [0.4, 0.5) is 0 Å². The Bertz CT molecular complexity index is 445. The number of nitrogens with zero attached hydrogens (tertiary/aromatic N) is 2. The highest BCUT2D eigenvalue weighted by Gasteiger charge is 2.00. The number of halogens is 1. The van der Waals surface area contributed by atoms with E-state index in [-0.39, 0.29) is 0 Å². The highest BCUT2D eigenvalue weighted by atomic mass is 127. The van der Waals surface area contributed by atoms with Gasteiger partial charge in [0.05, 0.1) is 11.4 Å². The maximum Gasteiger partial charge on any atom is 0.0646 e. The van der Waals surface area contributed by atoms with E-state index in [2.05, 4.69) is 64.9 Å². The third-order valence-electron chi connectivity index (χ3n) is 2.52. The van der Waals surface area contributed by atoms with Crippen molar-refractivity contribution >= 4 is 22.6 Å². The van der Waals surface area contributed by atoms with Crippen molar-refractivity contribution in [2.24, 2.45) is 0 Å². The molecule has 0 N–H and O–H groups in total. The zero-order chi connectivity index (χ0) is 11.4. The van der Waals surface area contributed by atoms with Crippen molar-refractivity contribution in [1.82, 2.24) is 9.78 Å². The molecule has 2 aromatic rings. The largest absolute Gasteiger partial charge is 0.241 e. The van der Waals surface area contributed by atoms with Crippen LogP contribution in [0.3, 0.4) is 0 Å². The third-order valence-corrected chi connectivity index (χ3v) is 3.24. The fraction of sp³-hybridized carbons (Fsp3) is 0.308. The van der Waals surface area contributed by atoms with Crippen LogP contribution in [0.5, 0.6) is 0 Å². The van der Waals surface area contributed by atoms with Gasteiger partial charge in [-0.15, -0.1) is 0 Å². The quantitative estimate of drug-likeness (QED) is 0.781. The number of hydrogen-bond acceptors (Lipinski definition) is 1. The van der Waals surface area contributed by atoms with Gasteiger partial charge in [-0.1, -0.05) is 13.3 Å². The normalized spacial score (nSPS) is 10.6. The predicted molar refractivity (Wildman–Crippen MR) is 74.9 cm³/mol. The lowest BCUT2D eigenvalue weighted by Gasteiger charge is -2.00. The van der Waals surface area contributed by atoms with E-state index in [9.17, 15) is 0 Å². The van der Waals surface area contributed by atoms with E-state index in [0.717, 1.165) is 12.1 Å². The van der Waals surface area contributed by atoms with Crippen LogP contribution in [0.25, 0.3) is 5.69 Å². The monoisotopic (exact) mass is 326 g/mol. The van der Waals surface area contributed by atoms with Gasteiger partial charge < -0.3 is 0 Å². The van der Waals surface area contributed by atoms with Crippen molar-refractivity contribution in [3.8, 4) is 5.69 Å². The lowest BCUT2D eigenvalue weighted by Crippen LogP contribution is -1.96. The van der Waals surface area contributed by atoms with Crippen LogP contribution in [0.2, 0.25) is 0 Å². The first-order valence-corrected chi connectivity index (χ1v) is 6.68. The molecule has 0 bridgehead atoms. The van der Waals surface area contributed by atoms with Gasteiger partial charge in [-0.2, -0.15) is 5.10 Å². The minimum absolute atomic E-state index is 1.08. The number of benzene rings is 1. The molecular formula is C13H15IN2. The summed E-state index contributed by atoms with van der Waals surface area (Å²) in [7, 11) is 0. The molecule has 0 amide bonds. The van der Waals surface area contributed by atoms with Gasteiger partial charge in [-0.3, -0.25) is 0 Å². The van der Waals surface area contributed by atoms with E-state index in [4.69, 9.17) is 0 Å². The van der Waals surface area contributed by atoms with Crippen LogP contribution in [0.15, 0.2) is 36.5 Å². The summed E-state index contributed by atoms with van der Waals surface area (Å²) in [5.41, 5.74) is 2.31. The molecule has 2 nitrogen and oxygen atoms in total. The van der Waals surface area contributed by atoms with Crippen molar-refractivity contribution in [1.29, 1.82) is 0 Å². The van der Waals surface area contributed by atoms with Gasteiger partial charge in [0.15, 0.2) is 0 Å². The summed E-state index contributed by atoms with van der Waals surface area (Å²) in [6.07, 6.45) is 5.54. The number of unbranched alkanes of at least 4 members (excludes halogenated alkanes) is 1. The van der Waals surface area contributed by atoms with Crippen LogP contribution < -0.4 is 0 Å². The SMILES string of the molecule is CCCCc1ccn(-c2ccc(I)cc2)n1. The number of hydrogen-bond donors (Lipinski definition) is 0. The van der Waals surface area contributed by atoms with Crippen molar-refractivity contribution in [3.63, 3.8) is 0 Å². The first-order chi connectivity index (χ1) is 7.79. The summed E-state index contributed by atoms with van der Waals surface area (Å²) in [4.78, 5) is 0. The Labute approximate surface area is 110 Å². The standard InChI is InChI=1S/C13H15IN2/c1-2-3-4-12-9-10-16(15-12)13-7-5-11(14)6-8-13/h5-10H,2-4H2,1H3. The molecule has 1 aromatic heterocycles. The summed E-state index contributed by atoms with van der Waals surface area (Å²) in [6, 6.07) is 10.5. The molecule has 2 rings (SSSR count). The lowest BCUT2D eigenvalue weighted by molar-refractivity contribution is 0.752. The van der Waals surface area contributed by atoms with Crippen LogP contribution in [0, 0.1) is 3.57 Å². The summed E-state index contributed by atoms with van der Waals surface area (Å²) in [5.74, 6) is 0. The Morgan fingerprint density at radius 2 is 1.94 bits per heavy atom.